The molecular weight excluding hydrogens is 229 g/mol. The number of ether oxygens (including phenoxy) is 1. The van der Waals surface area contributed by atoms with Crippen LogP contribution in [0.2, 0.25) is 0 Å². The molecule has 0 fully saturated rings. The van der Waals surface area contributed by atoms with Crippen molar-refractivity contribution in [2.75, 3.05) is 12.3 Å². The molecule has 5 nitrogen and oxygen atoms in total. The lowest BCUT2D eigenvalue weighted by molar-refractivity contribution is -0.137. The summed E-state index contributed by atoms with van der Waals surface area (Å²) >= 11 is 0. The molecule has 0 saturated carbocycles. The normalized spacial score (nSPS) is 10.0. The highest BCUT2D eigenvalue weighted by molar-refractivity contribution is 5.92. The molecule has 0 atom stereocenters. The number of hydrogen-bond donors (Lipinski definition) is 2. The Kier molecular flexibility index (Phi) is 4.03. The molecule has 0 aromatic heterocycles. The maximum absolute atomic E-state index is 13.0. The summed E-state index contributed by atoms with van der Waals surface area (Å²) in [6.45, 7) is 1.31. The van der Waals surface area contributed by atoms with E-state index in [0.29, 0.717) is 5.56 Å². The highest BCUT2D eigenvalue weighted by Gasteiger charge is 2.13. The van der Waals surface area contributed by atoms with E-state index in [2.05, 4.69) is 0 Å². The van der Waals surface area contributed by atoms with E-state index < -0.39 is 17.8 Å². The molecule has 0 spiro atoms. The van der Waals surface area contributed by atoms with Crippen LogP contribution in [0.25, 0.3) is 0 Å². The lowest BCUT2D eigenvalue weighted by Gasteiger charge is -2.07. The molecule has 3 N–H and O–H groups in total. The third kappa shape index (κ3) is 3.44. The molecule has 0 aliphatic carbocycles. The van der Waals surface area contributed by atoms with E-state index in [-0.39, 0.29) is 24.3 Å². The first-order valence-electron chi connectivity index (χ1n) is 4.86. The number of carbonyl (C=O) groups is 2. The number of benzene rings is 1. The number of carboxylic acids is 1. The molecule has 0 heterocycles. The van der Waals surface area contributed by atoms with Crippen LogP contribution in [0.15, 0.2) is 12.1 Å². The molecule has 17 heavy (non-hydrogen) atoms. The average Bonchev–Trinajstić information content (AvgIpc) is 2.22. The van der Waals surface area contributed by atoms with Crippen LogP contribution >= 0.6 is 0 Å². The van der Waals surface area contributed by atoms with Crippen LogP contribution in [0.4, 0.5) is 10.1 Å². The number of carbonyl (C=O) groups excluding carboxylic acids is 1. The minimum atomic E-state index is -1.06. The minimum Gasteiger partial charge on any atom is -0.481 e. The Morgan fingerprint density at radius 1 is 1.47 bits per heavy atom. The van der Waals surface area contributed by atoms with Gasteiger partial charge in [-0.1, -0.05) is 0 Å². The molecule has 0 aliphatic heterocycles. The van der Waals surface area contributed by atoms with Gasteiger partial charge in [-0.15, -0.1) is 0 Å². The van der Waals surface area contributed by atoms with Gasteiger partial charge >= 0.3 is 11.9 Å². The Labute approximate surface area is 97.0 Å². The van der Waals surface area contributed by atoms with Crippen molar-refractivity contribution >= 4 is 17.6 Å². The zero-order valence-electron chi connectivity index (χ0n) is 9.20. The van der Waals surface area contributed by atoms with Gasteiger partial charge in [-0.3, -0.25) is 4.79 Å². The average molecular weight is 241 g/mol. The predicted molar refractivity (Wildman–Crippen MR) is 58.1 cm³/mol. The number of halogens is 1. The van der Waals surface area contributed by atoms with E-state index in [1.807, 2.05) is 0 Å². The van der Waals surface area contributed by atoms with Crippen molar-refractivity contribution < 1.29 is 23.8 Å². The summed E-state index contributed by atoms with van der Waals surface area (Å²) in [5.41, 5.74) is 5.69. The molecule has 0 unspecified atom stereocenters. The fourth-order valence-corrected chi connectivity index (χ4v) is 1.22. The van der Waals surface area contributed by atoms with Gasteiger partial charge in [0.25, 0.3) is 0 Å². The number of anilines is 1. The molecule has 0 radical (unpaired) electrons. The van der Waals surface area contributed by atoms with Crippen molar-refractivity contribution in [2.45, 2.75) is 13.3 Å². The number of carboxylic acid groups (broad SMARTS) is 1. The molecule has 92 valence electrons. The zero-order chi connectivity index (χ0) is 13.0. The van der Waals surface area contributed by atoms with Crippen molar-refractivity contribution in [3.05, 3.63) is 29.1 Å². The second-order valence-corrected chi connectivity index (χ2v) is 3.47. The highest BCUT2D eigenvalue weighted by Crippen LogP contribution is 2.18. The van der Waals surface area contributed by atoms with Gasteiger partial charge in [0.2, 0.25) is 0 Å². The fourth-order valence-electron chi connectivity index (χ4n) is 1.22. The summed E-state index contributed by atoms with van der Waals surface area (Å²) < 4.78 is 17.7. The summed E-state index contributed by atoms with van der Waals surface area (Å²) in [4.78, 5) is 21.7. The first-order valence-corrected chi connectivity index (χ1v) is 4.86. The molecule has 1 rings (SSSR count). The van der Waals surface area contributed by atoms with E-state index in [1.54, 1.807) is 0 Å². The van der Waals surface area contributed by atoms with Crippen LogP contribution in [-0.2, 0) is 9.53 Å². The first kappa shape index (κ1) is 13.0. The maximum Gasteiger partial charge on any atom is 0.338 e. The van der Waals surface area contributed by atoms with Gasteiger partial charge in [0.15, 0.2) is 0 Å². The lowest BCUT2D eigenvalue weighted by atomic mass is 10.1. The van der Waals surface area contributed by atoms with Gasteiger partial charge in [0.1, 0.15) is 12.4 Å². The molecule has 0 aliphatic rings. The Hall–Kier alpha value is -2.11. The van der Waals surface area contributed by atoms with Crippen LogP contribution in [0.3, 0.4) is 0 Å². The molecule has 1 aromatic rings. The summed E-state index contributed by atoms with van der Waals surface area (Å²) in [6, 6.07) is 2.30. The van der Waals surface area contributed by atoms with Crippen molar-refractivity contribution in [2.24, 2.45) is 0 Å². The van der Waals surface area contributed by atoms with Crippen molar-refractivity contribution in [1.82, 2.24) is 0 Å². The van der Waals surface area contributed by atoms with Gasteiger partial charge in [-0.25, -0.2) is 9.18 Å². The summed E-state index contributed by atoms with van der Waals surface area (Å²) in [6.07, 6.45) is -0.276. The SMILES string of the molecule is Cc1cc(F)c(N)cc1C(=O)OCCC(=O)O. The minimum absolute atomic E-state index is 0.134. The number of aryl methyl sites for hydroxylation is 1. The van der Waals surface area contributed by atoms with Gasteiger partial charge in [-0.2, -0.15) is 0 Å². The second kappa shape index (κ2) is 5.29. The Bertz CT molecular complexity index is 459. The topological polar surface area (TPSA) is 89.6 Å². The molecule has 0 saturated heterocycles. The lowest BCUT2D eigenvalue weighted by Crippen LogP contribution is -2.11. The zero-order valence-corrected chi connectivity index (χ0v) is 9.20. The smallest absolute Gasteiger partial charge is 0.338 e. The standard InChI is InChI=1S/C11H12FNO4/c1-6-4-8(12)9(13)5-7(6)11(16)17-3-2-10(14)15/h4-5H,2-3,13H2,1H3,(H,14,15). The number of nitrogens with two attached hydrogens (primary N) is 1. The predicted octanol–water partition coefficient (Wildman–Crippen LogP) is 1.35. The number of hydrogen-bond acceptors (Lipinski definition) is 4. The third-order valence-electron chi connectivity index (χ3n) is 2.11. The van der Waals surface area contributed by atoms with Crippen molar-refractivity contribution in [1.29, 1.82) is 0 Å². The Morgan fingerprint density at radius 2 is 2.12 bits per heavy atom. The van der Waals surface area contributed by atoms with E-state index in [9.17, 15) is 14.0 Å². The second-order valence-electron chi connectivity index (χ2n) is 3.47. The van der Waals surface area contributed by atoms with Crippen LogP contribution in [0.1, 0.15) is 22.3 Å². The van der Waals surface area contributed by atoms with Crippen LogP contribution < -0.4 is 5.73 Å². The number of nitrogen functional groups attached to an aromatic ring is 1. The largest absolute Gasteiger partial charge is 0.481 e. The molecule has 6 heteroatoms. The van der Waals surface area contributed by atoms with Crippen LogP contribution in [-0.4, -0.2) is 23.7 Å². The van der Waals surface area contributed by atoms with E-state index in [0.717, 1.165) is 6.07 Å². The number of aliphatic carboxylic acids is 1. The van der Waals surface area contributed by atoms with E-state index in [1.165, 1.54) is 13.0 Å². The summed E-state index contributed by atoms with van der Waals surface area (Å²) in [7, 11) is 0. The number of esters is 1. The quantitative estimate of drug-likeness (QED) is 0.613. The highest BCUT2D eigenvalue weighted by atomic mass is 19.1. The third-order valence-corrected chi connectivity index (χ3v) is 2.11. The first-order chi connectivity index (χ1) is 7.91. The van der Waals surface area contributed by atoms with Gasteiger partial charge in [-0.05, 0) is 24.6 Å². The molecule has 0 bridgehead atoms. The van der Waals surface area contributed by atoms with Gasteiger partial charge in [0, 0.05) is 0 Å². The Balaban J connectivity index is 2.75. The molecule has 0 amide bonds. The van der Waals surface area contributed by atoms with Crippen LogP contribution in [0.5, 0.6) is 0 Å². The summed E-state index contributed by atoms with van der Waals surface area (Å²) in [5, 5.41) is 8.37. The maximum atomic E-state index is 13.0. The summed E-state index contributed by atoms with van der Waals surface area (Å²) in [5.74, 6) is -2.38. The monoisotopic (exact) mass is 241 g/mol. The van der Waals surface area contributed by atoms with Crippen molar-refractivity contribution in [3.63, 3.8) is 0 Å². The molecular formula is C11H12FNO4. The van der Waals surface area contributed by atoms with Crippen LogP contribution in [0, 0.1) is 12.7 Å². The van der Waals surface area contributed by atoms with Gasteiger partial charge < -0.3 is 15.6 Å². The fraction of sp³-hybridized carbons (Fsp3) is 0.273. The Morgan fingerprint density at radius 3 is 2.71 bits per heavy atom. The van der Waals surface area contributed by atoms with E-state index >= 15 is 0 Å². The van der Waals surface area contributed by atoms with E-state index in [4.69, 9.17) is 15.6 Å². The number of rotatable bonds is 4. The van der Waals surface area contributed by atoms with Crippen molar-refractivity contribution in [3.8, 4) is 0 Å². The molecule has 1 aromatic carbocycles. The van der Waals surface area contributed by atoms with Gasteiger partial charge in [0.05, 0.1) is 17.7 Å².